The van der Waals surface area contributed by atoms with E-state index >= 15 is 0 Å². The van der Waals surface area contributed by atoms with Crippen LogP contribution in [0.1, 0.15) is 0 Å². The Morgan fingerprint density at radius 2 is 2.00 bits per heavy atom. The van der Waals surface area contributed by atoms with E-state index in [1.165, 1.54) is 0 Å². The lowest BCUT2D eigenvalue weighted by Crippen LogP contribution is -2.59. The molecule has 0 bridgehead atoms. The van der Waals surface area contributed by atoms with Gasteiger partial charge in [-0.25, -0.2) is 16.8 Å². The van der Waals surface area contributed by atoms with E-state index < -0.39 is 56.0 Å². The zero-order chi connectivity index (χ0) is 14.1. The third-order valence-electron chi connectivity index (χ3n) is 2.15. The molecular weight excluding hydrogens is 288 g/mol. The fraction of sp³-hybridized carbons (Fsp3) is 0.714. The van der Waals surface area contributed by atoms with Gasteiger partial charge in [0.25, 0.3) is 0 Å². The van der Waals surface area contributed by atoms with Crippen molar-refractivity contribution in [1.29, 1.82) is 0 Å². The first-order valence-corrected chi connectivity index (χ1v) is 8.36. The number of sulfone groups is 1. The van der Waals surface area contributed by atoms with Gasteiger partial charge >= 0.3 is 5.97 Å². The number of nitrogens with zero attached hydrogens (tertiary/aromatic N) is 1. The lowest BCUT2D eigenvalue weighted by Gasteiger charge is -2.31. The van der Waals surface area contributed by atoms with Gasteiger partial charge in [-0.2, -0.15) is 4.31 Å². The summed E-state index contributed by atoms with van der Waals surface area (Å²) in [4.78, 5) is 22.0. The first-order valence-electron chi connectivity index (χ1n) is 4.70. The highest BCUT2D eigenvalue weighted by atomic mass is 32.3. The van der Waals surface area contributed by atoms with E-state index in [0.29, 0.717) is 10.6 Å². The molecule has 0 saturated carbocycles. The largest absolute Gasteiger partial charge is 0.480 e. The van der Waals surface area contributed by atoms with Crippen LogP contribution in [0.3, 0.4) is 0 Å². The van der Waals surface area contributed by atoms with Gasteiger partial charge in [-0.05, 0) is 0 Å². The van der Waals surface area contributed by atoms with Gasteiger partial charge in [0, 0.05) is 12.8 Å². The molecule has 0 radical (unpaired) electrons. The normalized spacial score (nSPS) is 22.5. The van der Waals surface area contributed by atoms with Gasteiger partial charge in [0.15, 0.2) is 14.9 Å². The molecule has 0 aromatic rings. The summed E-state index contributed by atoms with van der Waals surface area (Å²) in [6.07, 6.45) is 0.713. The number of hydrogen-bond acceptors (Lipinski definition) is 6. The van der Waals surface area contributed by atoms with Crippen LogP contribution >= 0.6 is 0 Å². The van der Waals surface area contributed by atoms with Crippen molar-refractivity contribution in [2.75, 3.05) is 24.4 Å². The predicted molar refractivity (Wildman–Crippen MR) is 59.8 cm³/mol. The van der Waals surface area contributed by atoms with Gasteiger partial charge < -0.3 is 10.4 Å². The van der Waals surface area contributed by atoms with E-state index in [-0.39, 0.29) is 0 Å². The number of hydrogen-bond donors (Lipinski definition) is 2. The minimum absolute atomic E-state index is 0.392. The van der Waals surface area contributed by atoms with Crippen LogP contribution in [0.4, 0.5) is 0 Å². The van der Waals surface area contributed by atoms with Gasteiger partial charge in [-0.3, -0.25) is 9.59 Å². The fourth-order valence-corrected chi connectivity index (χ4v) is 5.03. The molecule has 1 heterocycles. The summed E-state index contributed by atoms with van der Waals surface area (Å²) < 4.78 is 45.9. The van der Waals surface area contributed by atoms with E-state index in [4.69, 9.17) is 5.11 Å². The number of carbonyl (C=O) groups is 2. The van der Waals surface area contributed by atoms with Crippen molar-refractivity contribution in [3.8, 4) is 0 Å². The second-order valence-corrected chi connectivity index (χ2v) is 8.29. The lowest BCUT2D eigenvalue weighted by molar-refractivity contribution is -0.143. The highest BCUT2D eigenvalue weighted by Gasteiger charge is 2.40. The monoisotopic (exact) mass is 300 g/mol. The quantitative estimate of drug-likeness (QED) is 0.572. The molecule has 18 heavy (non-hydrogen) atoms. The van der Waals surface area contributed by atoms with Crippen LogP contribution in [-0.4, -0.2) is 68.6 Å². The van der Waals surface area contributed by atoms with Crippen molar-refractivity contribution in [2.45, 2.75) is 6.04 Å². The summed E-state index contributed by atoms with van der Waals surface area (Å²) in [7, 11) is -8.22. The molecule has 2 N–H and O–H groups in total. The molecule has 1 atom stereocenters. The third kappa shape index (κ3) is 3.65. The van der Waals surface area contributed by atoms with Crippen molar-refractivity contribution < 1.29 is 31.5 Å². The summed E-state index contributed by atoms with van der Waals surface area (Å²) in [5.41, 5.74) is 0. The summed E-state index contributed by atoms with van der Waals surface area (Å²) in [5, 5.41) is 9.83. The second-order valence-electron chi connectivity index (χ2n) is 3.86. The van der Waals surface area contributed by atoms with Crippen molar-refractivity contribution in [1.82, 2.24) is 9.62 Å². The highest BCUT2D eigenvalue weighted by Crippen LogP contribution is 2.13. The molecule has 0 spiro atoms. The first kappa shape index (κ1) is 14.9. The van der Waals surface area contributed by atoms with Crippen molar-refractivity contribution in [3.05, 3.63) is 0 Å². The van der Waals surface area contributed by atoms with Gasteiger partial charge in [0.2, 0.25) is 15.9 Å². The number of aliphatic carboxylic acids is 1. The average Bonchev–Trinajstić information content (AvgIpc) is 2.13. The van der Waals surface area contributed by atoms with Gasteiger partial charge in [-0.1, -0.05) is 0 Å². The molecule has 1 unspecified atom stereocenters. The first-order chi connectivity index (χ1) is 8.03. The smallest absolute Gasteiger partial charge is 0.323 e. The number of carboxylic acids is 1. The van der Waals surface area contributed by atoms with E-state index in [1.807, 2.05) is 0 Å². The fourth-order valence-electron chi connectivity index (χ4n) is 1.46. The van der Waals surface area contributed by atoms with Crippen molar-refractivity contribution >= 4 is 31.7 Å². The standard InChI is InChI=1S/C7H12N2O7S2/c1-17(13,14)4-18(15,16)9-3-6(10)8-2-5(9)7(11)12/h5H,2-4H2,1H3,(H,8,10)(H,11,12). The Morgan fingerprint density at radius 3 is 2.44 bits per heavy atom. The van der Waals surface area contributed by atoms with Crippen molar-refractivity contribution in [2.24, 2.45) is 0 Å². The molecule has 1 rings (SSSR count). The zero-order valence-corrected chi connectivity index (χ0v) is 11.0. The van der Waals surface area contributed by atoms with Crippen molar-refractivity contribution in [3.63, 3.8) is 0 Å². The molecular formula is C7H12N2O7S2. The maximum atomic E-state index is 11.8. The molecule has 0 aromatic heterocycles. The maximum Gasteiger partial charge on any atom is 0.323 e. The Kier molecular flexibility index (Phi) is 3.98. The number of nitrogens with one attached hydrogen (secondary N) is 1. The van der Waals surface area contributed by atoms with E-state index in [1.54, 1.807) is 0 Å². The number of rotatable bonds is 4. The van der Waals surface area contributed by atoms with Crippen LogP contribution in [0.25, 0.3) is 0 Å². The van der Waals surface area contributed by atoms with E-state index in [2.05, 4.69) is 5.32 Å². The SMILES string of the molecule is CS(=O)(=O)CS(=O)(=O)N1CC(=O)NCC1C(=O)O. The van der Waals surface area contributed by atoms with Crippen LogP contribution < -0.4 is 5.32 Å². The molecule has 1 amide bonds. The Balaban J connectivity index is 3.09. The summed E-state index contributed by atoms with van der Waals surface area (Å²) in [6.45, 7) is -1.09. The van der Waals surface area contributed by atoms with Crippen LogP contribution in [0.2, 0.25) is 0 Å². The summed E-state index contributed by atoms with van der Waals surface area (Å²) in [6, 6.07) is -1.49. The van der Waals surface area contributed by atoms with E-state index in [0.717, 1.165) is 0 Å². The number of carboxylic acid groups (broad SMARTS) is 1. The van der Waals surface area contributed by atoms with Gasteiger partial charge in [-0.15, -0.1) is 0 Å². The minimum atomic E-state index is -4.36. The molecule has 11 heteroatoms. The molecule has 104 valence electrons. The summed E-state index contributed by atoms with van der Waals surface area (Å²) in [5.74, 6) is -2.13. The molecule has 1 saturated heterocycles. The van der Waals surface area contributed by atoms with Crippen LogP contribution in [-0.2, 0) is 29.4 Å². The predicted octanol–water partition coefficient (Wildman–Crippen LogP) is -2.80. The number of amides is 1. The Labute approximate surface area is 104 Å². The molecule has 9 nitrogen and oxygen atoms in total. The average molecular weight is 300 g/mol. The zero-order valence-electron chi connectivity index (χ0n) is 9.36. The Hall–Kier alpha value is -1.20. The molecule has 0 aliphatic carbocycles. The molecule has 1 fully saturated rings. The van der Waals surface area contributed by atoms with Gasteiger partial charge in [0.1, 0.15) is 6.04 Å². The molecule has 1 aliphatic heterocycles. The summed E-state index contributed by atoms with van der Waals surface area (Å²) >= 11 is 0. The van der Waals surface area contributed by atoms with Crippen LogP contribution in [0.5, 0.6) is 0 Å². The lowest BCUT2D eigenvalue weighted by atomic mass is 10.2. The molecule has 0 aromatic carbocycles. The van der Waals surface area contributed by atoms with E-state index in [9.17, 15) is 26.4 Å². The maximum absolute atomic E-state index is 11.8. The van der Waals surface area contributed by atoms with Gasteiger partial charge in [0.05, 0.1) is 6.54 Å². The topological polar surface area (TPSA) is 138 Å². The Morgan fingerprint density at radius 1 is 1.44 bits per heavy atom. The highest BCUT2D eigenvalue weighted by molar-refractivity contribution is 8.06. The van der Waals surface area contributed by atoms with Crippen LogP contribution in [0.15, 0.2) is 0 Å². The minimum Gasteiger partial charge on any atom is -0.480 e. The van der Waals surface area contributed by atoms with Crippen LogP contribution in [0, 0.1) is 0 Å². The number of carbonyl (C=O) groups excluding carboxylic acids is 1. The number of piperazine rings is 1. The third-order valence-corrected chi connectivity index (χ3v) is 6.15. The molecule has 1 aliphatic rings. The Bertz CT molecular complexity index is 565. The number of sulfonamides is 1. The second kappa shape index (κ2) is 4.82.